The van der Waals surface area contributed by atoms with Crippen LogP contribution < -0.4 is 10.1 Å². The molecule has 2 rings (SSSR count). The molecule has 4 heteroatoms. The highest BCUT2D eigenvalue weighted by Gasteiger charge is 2.08. The van der Waals surface area contributed by atoms with Crippen molar-refractivity contribution in [2.75, 3.05) is 26.0 Å². The Hall–Kier alpha value is -2.33. The van der Waals surface area contributed by atoms with Gasteiger partial charge in [0.1, 0.15) is 5.75 Å². The van der Waals surface area contributed by atoms with E-state index >= 15 is 0 Å². The van der Waals surface area contributed by atoms with Crippen molar-refractivity contribution in [1.82, 2.24) is 4.90 Å². The average Bonchev–Trinajstić information content (AvgIpc) is 2.46. The predicted molar refractivity (Wildman–Crippen MR) is 93.9 cm³/mol. The Labute approximate surface area is 138 Å². The minimum atomic E-state index is -0.0259. The third-order valence-corrected chi connectivity index (χ3v) is 3.52. The molecule has 0 saturated heterocycles. The van der Waals surface area contributed by atoms with Crippen molar-refractivity contribution >= 4 is 11.6 Å². The lowest BCUT2D eigenvalue weighted by Gasteiger charge is -2.17. The number of benzene rings is 2. The number of ether oxygens (including phenoxy) is 1. The maximum absolute atomic E-state index is 12.1. The summed E-state index contributed by atoms with van der Waals surface area (Å²) < 4.78 is 5.10. The number of nitrogens with zero attached hydrogens (tertiary/aromatic N) is 1. The van der Waals surface area contributed by atoms with E-state index in [-0.39, 0.29) is 5.91 Å². The van der Waals surface area contributed by atoms with E-state index in [0.717, 1.165) is 18.0 Å². The molecule has 0 spiro atoms. The number of hydrogen-bond acceptors (Lipinski definition) is 3. The Morgan fingerprint density at radius 3 is 2.26 bits per heavy atom. The molecule has 2 aromatic carbocycles. The van der Waals surface area contributed by atoms with E-state index < -0.39 is 0 Å². The van der Waals surface area contributed by atoms with E-state index in [1.165, 1.54) is 16.7 Å². The minimum absolute atomic E-state index is 0.0259. The molecular formula is C19H24N2O2. The summed E-state index contributed by atoms with van der Waals surface area (Å²) in [5.74, 6) is 0.747. The molecule has 1 N–H and O–H groups in total. The van der Waals surface area contributed by atoms with Gasteiger partial charge in [0.05, 0.1) is 13.7 Å². The number of hydrogen-bond donors (Lipinski definition) is 1. The maximum atomic E-state index is 12.1. The van der Waals surface area contributed by atoms with Crippen molar-refractivity contribution in [2.45, 2.75) is 20.4 Å². The van der Waals surface area contributed by atoms with Crippen LogP contribution in [-0.4, -0.2) is 31.5 Å². The van der Waals surface area contributed by atoms with E-state index in [4.69, 9.17) is 4.74 Å². The highest BCUT2D eigenvalue weighted by molar-refractivity contribution is 5.92. The van der Waals surface area contributed by atoms with Gasteiger partial charge in [-0.05, 0) is 50.7 Å². The fourth-order valence-electron chi connectivity index (χ4n) is 2.65. The molecule has 1 amide bonds. The second kappa shape index (κ2) is 7.79. The molecule has 0 atom stereocenters. The van der Waals surface area contributed by atoms with E-state index in [1.807, 2.05) is 36.2 Å². The van der Waals surface area contributed by atoms with Crippen molar-refractivity contribution in [3.63, 3.8) is 0 Å². The minimum Gasteiger partial charge on any atom is -0.497 e. The summed E-state index contributed by atoms with van der Waals surface area (Å²) in [5, 5.41) is 2.90. The first-order valence-electron chi connectivity index (χ1n) is 7.66. The van der Waals surface area contributed by atoms with E-state index in [9.17, 15) is 4.79 Å². The molecule has 0 aliphatic heterocycles. The molecule has 0 bridgehead atoms. The summed E-state index contributed by atoms with van der Waals surface area (Å²) in [4.78, 5) is 14.1. The average molecular weight is 312 g/mol. The molecule has 0 saturated carbocycles. The normalized spacial score (nSPS) is 10.7. The Bertz CT molecular complexity index is 645. The van der Waals surface area contributed by atoms with Crippen molar-refractivity contribution in [2.24, 2.45) is 0 Å². The molecular weight excluding hydrogens is 288 g/mol. The van der Waals surface area contributed by atoms with Crippen molar-refractivity contribution in [3.05, 3.63) is 59.2 Å². The van der Waals surface area contributed by atoms with Crippen LogP contribution in [0.2, 0.25) is 0 Å². The molecule has 4 nitrogen and oxygen atoms in total. The second-order valence-corrected chi connectivity index (χ2v) is 5.94. The van der Waals surface area contributed by atoms with Gasteiger partial charge in [-0.3, -0.25) is 9.69 Å². The first-order chi connectivity index (χ1) is 11.0. The fourth-order valence-corrected chi connectivity index (χ4v) is 2.65. The van der Waals surface area contributed by atoms with Crippen LogP contribution in [-0.2, 0) is 11.3 Å². The van der Waals surface area contributed by atoms with Crippen molar-refractivity contribution in [3.8, 4) is 5.75 Å². The van der Waals surface area contributed by atoms with E-state index in [2.05, 4.69) is 37.4 Å². The number of aryl methyl sites for hydroxylation is 2. The van der Waals surface area contributed by atoms with Crippen LogP contribution in [0, 0.1) is 13.8 Å². The van der Waals surface area contributed by atoms with Gasteiger partial charge < -0.3 is 10.1 Å². The monoisotopic (exact) mass is 312 g/mol. The summed E-state index contributed by atoms with van der Waals surface area (Å²) in [6, 6.07) is 13.8. The SMILES string of the molecule is COc1ccc(NC(=O)CN(C)Cc2cc(C)cc(C)c2)cc1. The van der Waals surface area contributed by atoms with Gasteiger partial charge in [-0.1, -0.05) is 29.3 Å². The van der Waals surface area contributed by atoms with Gasteiger partial charge in [-0.15, -0.1) is 0 Å². The molecule has 0 aliphatic carbocycles. The first kappa shape index (κ1) is 17.0. The van der Waals surface area contributed by atoms with Crippen LogP contribution >= 0.6 is 0 Å². The lowest BCUT2D eigenvalue weighted by molar-refractivity contribution is -0.117. The highest BCUT2D eigenvalue weighted by Crippen LogP contribution is 2.15. The third kappa shape index (κ3) is 5.42. The van der Waals surface area contributed by atoms with E-state index in [1.54, 1.807) is 7.11 Å². The second-order valence-electron chi connectivity index (χ2n) is 5.94. The Morgan fingerprint density at radius 2 is 1.70 bits per heavy atom. The Kier molecular flexibility index (Phi) is 5.77. The van der Waals surface area contributed by atoms with Crippen LogP contribution in [0.15, 0.2) is 42.5 Å². The molecule has 122 valence electrons. The van der Waals surface area contributed by atoms with Gasteiger partial charge in [0.25, 0.3) is 0 Å². The number of likely N-dealkylation sites (N-methyl/N-ethyl adjacent to an activating group) is 1. The summed E-state index contributed by atoms with van der Waals surface area (Å²) in [6.07, 6.45) is 0. The van der Waals surface area contributed by atoms with Crippen molar-refractivity contribution in [1.29, 1.82) is 0 Å². The van der Waals surface area contributed by atoms with Gasteiger partial charge in [-0.2, -0.15) is 0 Å². The molecule has 0 unspecified atom stereocenters. The Balaban J connectivity index is 1.88. The first-order valence-corrected chi connectivity index (χ1v) is 7.66. The molecule has 0 aliphatic rings. The van der Waals surface area contributed by atoms with Crippen molar-refractivity contribution < 1.29 is 9.53 Å². The van der Waals surface area contributed by atoms with Crippen LogP contribution in [0.1, 0.15) is 16.7 Å². The standard InChI is InChI=1S/C19H24N2O2/c1-14-9-15(2)11-16(10-14)12-21(3)13-19(22)20-17-5-7-18(23-4)8-6-17/h5-11H,12-13H2,1-4H3,(H,20,22). The van der Waals surface area contributed by atoms with Crippen LogP contribution in [0.4, 0.5) is 5.69 Å². The third-order valence-electron chi connectivity index (χ3n) is 3.52. The molecule has 0 fully saturated rings. The number of rotatable bonds is 6. The maximum Gasteiger partial charge on any atom is 0.238 e. The number of anilines is 1. The fraction of sp³-hybridized carbons (Fsp3) is 0.316. The summed E-state index contributed by atoms with van der Waals surface area (Å²) in [6.45, 7) is 5.28. The lowest BCUT2D eigenvalue weighted by atomic mass is 10.1. The molecule has 2 aromatic rings. The zero-order valence-corrected chi connectivity index (χ0v) is 14.2. The van der Waals surface area contributed by atoms with Gasteiger partial charge >= 0.3 is 0 Å². The number of carbonyl (C=O) groups excluding carboxylic acids is 1. The quantitative estimate of drug-likeness (QED) is 0.889. The topological polar surface area (TPSA) is 41.6 Å². The molecule has 0 aromatic heterocycles. The van der Waals surface area contributed by atoms with E-state index in [0.29, 0.717) is 6.54 Å². The molecule has 0 radical (unpaired) electrons. The summed E-state index contributed by atoms with van der Waals surface area (Å²) >= 11 is 0. The number of methoxy groups -OCH3 is 1. The Morgan fingerprint density at radius 1 is 1.09 bits per heavy atom. The largest absolute Gasteiger partial charge is 0.497 e. The van der Waals surface area contributed by atoms with Crippen LogP contribution in [0.3, 0.4) is 0 Å². The van der Waals surface area contributed by atoms with Crippen LogP contribution in [0.25, 0.3) is 0 Å². The number of carbonyl (C=O) groups is 1. The number of amides is 1. The summed E-state index contributed by atoms with van der Waals surface area (Å²) in [7, 11) is 3.57. The van der Waals surface area contributed by atoms with Crippen LogP contribution in [0.5, 0.6) is 5.75 Å². The molecule has 23 heavy (non-hydrogen) atoms. The molecule has 0 heterocycles. The summed E-state index contributed by atoms with van der Waals surface area (Å²) in [5.41, 5.74) is 4.49. The van der Waals surface area contributed by atoms with Gasteiger partial charge in [0, 0.05) is 12.2 Å². The zero-order chi connectivity index (χ0) is 16.8. The predicted octanol–water partition coefficient (Wildman–Crippen LogP) is 3.38. The highest BCUT2D eigenvalue weighted by atomic mass is 16.5. The number of nitrogens with one attached hydrogen (secondary N) is 1. The zero-order valence-electron chi connectivity index (χ0n) is 14.2. The lowest BCUT2D eigenvalue weighted by Crippen LogP contribution is -2.29. The smallest absolute Gasteiger partial charge is 0.238 e. The van der Waals surface area contributed by atoms with Gasteiger partial charge in [0.2, 0.25) is 5.91 Å². The van der Waals surface area contributed by atoms with Gasteiger partial charge in [-0.25, -0.2) is 0 Å². The van der Waals surface area contributed by atoms with Gasteiger partial charge in [0.15, 0.2) is 0 Å².